The van der Waals surface area contributed by atoms with E-state index in [1.807, 2.05) is 42.5 Å². The van der Waals surface area contributed by atoms with Crippen molar-refractivity contribution in [3.63, 3.8) is 0 Å². The summed E-state index contributed by atoms with van der Waals surface area (Å²) >= 11 is 0. The van der Waals surface area contributed by atoms with E-state index in [4.69, 9.17) is 0 Å². The smallest absolute Gasteiger partial charge is 0.269 e. The molecule has 0 aliphatic carbocycles. The highest BCUT2D eigenvalue weighted by Crippen LogP contribution is 2.18. The van der Waals surface area contributed by atoms with Crippen LogP contribution in [-0.4, -0.2) is 22.5 Å². The quantitative estimate of drug-likeness (QED) is 0.528. The minimum Gasteiger partial charge on any atom is -0.387 e. The van der Waals surface area contributed by atoms with Gasteiger partial charge in [-0.05, 0) is 34.0 Å². The van der Waals surface area contributed by atoms with Crippen molar-refractivity contribution < 1.29 is 14.8 Å². The van der Waals surface area contributed by atoms with Crippen molar-refractivity contribution in [2.24, 2.45) is 0 Å². The Bertz CT molecular complexity index is 938. The molecule has 0 heterocycles. The highest BCUT2D eigenvalue weighted by atomic mass is 16.6. The van der Waals surface area contributed by atoms with Crippen molar-refractivity contribution in [2.45, 2.75) is 12.5 Å². The maximum absolute atomic E-state index is 12.1. The van der Waals surface area contributed by atoms with Crippen molar-refractivity contribution in [3.8, 4) is 0 Å². The first kappa shape index (κ1) is 17.6. The van der Waals surface area contributed by atoms with E-state index in [0.29, 0.717) is 5.56 Å². The molecule has 0 aliphatic heterocycles. The van der Waals surface area contributed by atoms with Gasteiger partial charge in [0.05, 0.1) is 17.4 Å². The number of hydrogen-bond donors (Lipinski definition) is 2. The van der Waals surface area contributed by atoms with Gasteiger partial charge in [0.25, 0.3) is 5.69 Å². The van der Waals surface area contributed by atoms with E-state index in [1.54, 1.807) is 0 Å². The van der Waals surface area contributed by atoms with Gasteiger partial charge in [0, 0.05) is 18.7 Å². The van der Waals surface area contributed by atoms with Gasteiger partial charge >= 0.3 is 0 Å². The van der Waals surface area contributed by atoms with E-state index in [0.717, 1.165) is 16.3 Å². The number of carbonyl (C=O) groups is 1. The molecule has 0 aliphatic rings. The molecule has 6 nitrogen and oxygen atoms in total. The molecule has 132 valence electrons. The number of amides is 1. The molecule has 0 aromatic heterocycles. The van der Waals surface area contributed by atoms with Crippen LogP contribution in [0.3, 0.4) is 0 Å². The Morgan fingerprint density at radius 2 is 1.73 bits per heavy atom. The van der Waals surface area contributed by atoms with Crippen molar-refractivity contribution in [1.82, 2.24) is 5.32 Å². The number of carbonyl (C=O) groups excluding carboxylic acids is 1. The Labute approximate surface area is 150 Å². The normalized spacial score (nSPS) is 11.9. The third-order valence-electron chi connectivity index (χ3n) is 4.16. The van der Waals surface area contributed by atoms with E-state index < -0.39 is 11.0 Å². The average Bonchev–Trinajstić information content (AvgIpc) is 2.66. The van der Waals surface area contributed by atoms with Gasteiger partial charge < -0.3 is 10.4 Å². The van der Waals surface area contributed by atoms with Gasteiger partial charge in [-0.25, -0.2) is 0 Å². The molecule has 0 saturated heterocycles. The molecule has 3 rings (SSSR count). The zero-order chi connectivity index (χ0) is 18.5. The van der Waals surface area contributed by atoms with Crippen LogP contribution in [-0.2, 0) is 11.2 Å². The Hall–Kier alpha value is -3.25. The third-order valence-corrected chi connectivity index (χ3v) is 4.16. The highest BCUT2D eigenvalue weighted by Gasteiger charge is 2.12. The van der Waals surface area contributed by atoms with E-state index in [-0.39, 0.29) is 24.6 Å². The predicted molar refractivity (Wildman–Crippen MR) is 98.7 cm³/mol. The van der Waals surface area contributed by atoms with Crippen LogP contribution < -0.4 is 5.32 Å². The summed E-state index contributed by atoms with van der Waals surface area (Å²) in [4.78, 5) is 22.3. The van der Waals surface area contributed by atoms with Gasteiger partial charge in [-0.3, -0.25) is 14.9 Å². The lowest BCUT2D eigenvalue weighted by atomic mass is 10.0. The van der Waals surface area contributed by atoms with Gasteiger partial charge in [0.1, 0.15) is 0 Å². The highest BCUT2D eigenvalue weighted by molar-refractivity contribution is 5.85. The van der Waals surface area contributed by atoms with Crippen LogP contribution >= 0.6 is 0 Å². The predicted octanol–water partition coefficient (Wildman–Crippen LogP) is 3.14. The van der Waals surface area contributed by atoms with Crippen LogP contribution in [0, 0.1) is 10.1 Å². The molecule has 0 unspecified atom stereocenters. The minimum absolute atomic E-state index is 0.0405. The molecule has 0 spiro atoms. The first-order chi connectivity index (χ1) is 12.5. The summed E-state index contributed by atoms with van der Waals surface area (Å²) in [7, 11) is 0. The molecule has 0 fully saturated rings. The second-order valence-corrected chi connectivity index (χ2v) is 6.03. The number of nitro benzene ring substituents is 1. The molecule has 0 bridgehead atoms. The van der Waals surface area contributed by atoms with Crippen molar-refractivity contribution in [1.29, 1.82) is 0 Å². The third kappa shape index (κ3) is 4.23. The van der Waals surface area contributed by atoms with E-state index in [2.05, 4.69) is 5.32 Å². The van der Waals surface area contributed by atoms with Crippen molar-refractivity contribution in [2.75, 3.05) is 6.54 Å². The second-order valence-electron chi connectivity index (χ2n) is 6.03. The van der Waals surface area contributed by atoms with Crippen molar-refractivity contribution >= 4 is 22.4 Å². The maximum Gasteiger partial charge on any atom is 0.269 e. The summed E-state index contributed by atoms with van der Waals surface area (Å²) in [5.74, 6) is -0.193. The number of nitrogens with one attached hydrogen (secondary N) is 1. The lowest BCUT2D eigenvalue weighted by molar-refractivity contribution is -0.384. The summed E-state index contributed by atoms with van der Waals surface area (Å²) in [5, 5.41) is 25.6. The lowest BCUT2D eigenvalue weighted by Crippen LogP contribution is -2.29. The minimum atomic E-state index is -0.920. The number of rotatable bonds is 6. The molecule has 3 aromatic rings. The van der Waals surface area contributed by atoms with Gasteiger partial charge in [0.15, 0.2) is 0 Å². The van der Waals surface area contributed by atoms with E-state index in [1.165, 1.54) is 24.3 Å². The number of nitrogens with zero attached hydrogens (tertiary/aromatic N) is 1. The second kappa shape index (κ2) is 7.76. The fraction of sp³-hybridized carbons (Fsp3) is 0.150. The standard InChI is InChI=1S/C20H18N2O4/c23-19(16-7-9-18(10-8-16)22(25)26)13-21-20(24)12-14-5-6-15-3-1-2-4-17(15)11-14/h1-11,19,23H,12-13H2,(H,21,24)/t19-/m1/s1. The molecular weight excluding hydrogens is 332 g/mol. The monoisotopic (exact) mass is 350 g/mol. The Morgan fingerprint density at radius 3 is 2.42 bits per heavy atom. The molecule has 26 heavy (non-hydrogen) atoms. The molecule has 0 saturated carbocycles. The maximum atomic E-state index is 12.1. The topological polar surface area (TPSA) is 92.5 Å². The zero-order valence-electron chi connectivity index (χ0n) is 14.0. The summed E-state index contributed by atoms with van der Waals surface area (Å²) in [6.07, 6.45) is -0.700. The molecule has 0 radical (unpaired) electrons. The summed E-state index contributed by atoms with van der Waals surface area (Å²) in [5.41, 5.74) is 1.37. The number of hydrogen-bond acceptors (Lipinski definition) is 4. The number of aliphatic hydroxyl groups is 1. The van der Waals surface area contributed by atoms with Gasteiger partial charge in [-0.2, -0.15) is 0 Å². The van der Waals surface area contributed by atoms with E-state index >= 15 is 0 Å². The van der Waals surface area contributed by atoms with Crippen LogP contribution in [0.5, 0.6) is 0 Å². The number of aliphatic hydroxyl groups excluding tert-OH is 1. The van der Waals surface area contributed by atoms with Crippen LogP contribution in [0.2, 0.25) is 0 Å². The fourth-order valence-corrected chi connectivity index (χ4v) is 2.74. The first-order valence-electron chi connectivity index (χ1n) is 8.20. The number of non-ortho nitro benzene ring substituents is 1. The summed E-state index contributed by atoms with van der Waals surface area (Å²) < 4.78 is 0. The van der Waals surface area contributed by atoms with Gasteiger partial charge in [0.2, 0.25) is 5.91 Å². The first-order valence-corrected chi connectivity index (χ1v) is 8.20. The van der Waals surface area contributed by atoms with E-state index in [9.17, 15) is 20.0 Å². The number of benzene rings is 3. The van der Waals surface area contributed by atoms with Crippen LogP contribution in [0.4, 0.5) is 5.69 Å². The molecule has 3 aromatic carbocycles. The van der Waals surface area contributed by atoms with Crippen molar-refractivity contribution in [3.05, 3.63) is 88.0 Å². The average molecular weight is 350 g/mol. The fourth-order valence-electron chi connectivity index (χ4n) is 2.74. The van der Waals surface area contributed by atoms with Crippen LogP contribution in [0.1, 0.15) is 17.2 Å². The number of nitro groups is 1. The SMILES string of the molecule is O=C(Cc1ccc2ccccc2c1)NC[C@@H](O)c1ccc([N+](=O)[O-])cc1. The van der Waals surface area contributed by atoms with Gasteiger partial charge in [-0.15, -0.1) is 0 Å². The summed E-state index contributed by atoms with van der Waals surface area (Å²) in [6.45, 7) is 0.0459. The Kier molecular flexibility index (Phi) is 5.24. The van der Waals surface area contributed by atoms with Crippen LogP contribution in [0.15, 0.2) is 66.7 Å². The largest absolute Gasteiger partial charge is 0.387 e. The molecule has 1 atom stereocenters. The lowest BCUT2D eigenvalue weighted by Gasteiger charge is -2.12. The Balaban J connectivity index is 1.56. The number of fused-ring (bicyclic) bond motifs is 1. The zero-order valence-corrected chi connectivity index (χ0v) is 14.0. The molecule has 6 heteroatoms. The van der Waals surface area contributed by atoms with Crippen LogP contribution in [0.25, 0.3) is 10.8 Å². The van der Waals surface area contributed by atoms with Gasteiger partial charge in [-0.1, -0.05) is 42.5 Å². The molecular formula is C20H18N2O4. The molecule has 2 N–H and O–H groups in total. The molecule has 1 amide bonds. The Morgan fingerprint density at radius 1 is 1.04 bits per heavy atom. The summed E-state index contributed by atoms with van der Waals surface area (Å²) in [6, 6.07) is 19.4.